The fraction of sp³-hybridized carbons (Fsp3) is 0. The Hall–Kier alpha value is -0.510. The van der Waals surface area contributed by atoms with E-state index < -0.39 is 0 Å². The van der Waals surface area contributed by atoms with Crippen LogP contribution in [0.25, 0.3) is 11.6 Å². The van der Waals surface area contributed by atoms with E-state index in [0.717, 1.165) is 17.9 Å². The number of nitrogens with zero attached hydrogens (tertiary/aromatic N) is 5. The van der Waals surface area contributed by atoms with Crippen molar-refractivity contribution < 1.29 is 0 Å². The van der Waals surface area contributed by atoms with Gasteiger partial charge in [-0.3, -0.25) is 0 Å². The van der Waals surface area contributed by atoms with Gasteiger partial charge in [-0.2, -0.15) is 10.2 Å². The van der Waals surface area contributed by atoms with Gasteiger partial charge in [0.2, 0.25) is 0 Å². The summed E-state index contributed by atoms with van der Waals surface area (Å²) in [6.45, 7) is 0. The van der Waals surface area contributed by atoms with Gasteiger partial charge in [0.25, 0.3) is 0 Å². The molecule has 102 valence electrons. The monoisotopic (exact) mass is 523 g/mol. The van der Waals surface area contributed by atoms with Gasteiger partial charge in [0.05, 0.1) is 30.3 Å². The van der Waals surface area contributed by atoms with Crippen molar-refractivity contribution in [3.05, 3.63) is 48.7 Å². The van der Waals surface area contributed by atoms with Gasteiger partial charge in [-0.25, -0.2) is 14.3 Å². The summed E-state index contributed by atoms with van der Waals surface area (Å²) in [6.07, 6.45) is 7.09. The second-order valence-electron chi connectivity index (χ2n) is 3.81. The van der Waals surface area contributed by atoms with Crippen LogP contribution in [0.2, 0.25) is 0 Å². The number of hydrogen-bond donors (Lipinski definition) is 0. The van der Waals surface area contributed by atoms with Crippen LogP contribution in [-0.4, -0.2) is 24.5 Å². The highest BCUT2D eigenvalue weighted by atomic mass is 79.9. The largest absolute Gasteiger partial charge is 0.220 e. The van der Waals surface area contributed by atoms with Crippen molar-refractivity contribution in [2.45, 2.75) is 0 Å². The summed E-state index contributed by atoms with van der Waals surface area (Å²) in [5.41, 5.74) is 0. The molecule has 0 N–H and O–H groups in total. The standard InChI is InChI=1S/C11H5Br4N5/c12-6-2-16-19(4-6)10-8(14)1-9(15)11(18-10)20-5-7(13)3-17-20/h1-5H. The molecule has 0 aliphatic carbocycles. The van der Waals surface area contributed by atoms with Crippen LogP contribution in [0.4, 0.5) is 0 Å². The highest BCUT2D eigenvalue weighted by Gasteiger charge is 2.13. The minimum absolute atomic E-state index is 0.681. The van der Waals surface area contributed by atoms with E-state index in [4.69, 9.17) is 0 Å². The maximum atomic E-state index is 4.60. The van der Waals surface area contributed by atoms with Crippen LogP contribution in [-0.2, 0) is 0 Å². The maximum Gasteiger partial charge on any atom is 0.170 e. The quantitative estimate of drug-likeness (QED) is 0.494. The zero-order chi connectivity index (χ0) is 14.3. The molecular weight excluding hydrogens is 522 g/mol. The minimum atomic E-state index is 0.681. The molecule has 0 aliphatic rings. The fourth-order valence-electron chi connectivity index (χ4n) is 1.60. The van der Waals surface area contributed by atoms with E-state index in [2.05, 4.69) is 78.9 Å². The smallest absolute Gasteiger partial charge is 0.170 e. The summed E-state index contributed by atoms with van der Waals surface area (Å²) in [4.78, 5) is 4.60. The average Bonchev–Trinajstić information content (AvgIpc) is 2.99. The summed E-state index contributed by atoms with van der Waals surface area (Å²) in [5.74, 6) is 1.36. The fourth-order valence-corrected chi connectivity index (χ4v) is 3.48. The summed E-state index contributed by atoms with van der Waals surface area (Å²) in [6, 6.07) is 1.92. The Kier molecular flexibility index (Phi) is 4.11. The molecule has 0 aliphatic heterocycles. The summed E-state index contributed by atoms with van der Waals surface area (Å²) < 4.78 is 6.80. The lowest BCUT2D eigenvalue weighted by Crippen LogP contribution is -2.06. The molecule has 3 heterocycles. The SMILES string of the molecule is Brc1cnn(-c2nc(-n3cc(Br)cn3)c(Br)cc2Br)c1. The van der Waals surface area contributed by atoms with Crippen LogP contribution < -0.4 is 0 Å². The van der Waals surface area contributed by atoms with Gasteiger partial charge >= 0.3 is 0 Å². The van der Waals surface area contributed by atoms with Crippen molar-refractivity contribution >= 4 is 63.7 Å². The normalized spacial score (nSPS) is 11.0. The molecule has 0 amide bonds. The Morgan fingerprint density at radius 2 is 1.20 bits per heavy atom. The summed E-state index contributed by atoms with van der Waals surface area (Å²) in [7, 11) is 0. The molecular formula is C11H5Br4N5. The number of rotatable bonds is 2. The molecule has 0 radical (unpaired) electrons. The predicted molar refractivity (Wildman–Crippen MR) is 89.3 cm³/mol. The molecule has 0 aromatic carbocycles. The highest BCUT2D eigenvalue weighted by molar-refractivity contribution is 9.11. The Labute approximate surface area is 147 Å². The molecule has 0 saturated carbocycles. The molecule has 3 rings (SSSR count). The van der Waals surface area contributed by atoms with Gasteiger partial charge < -0.3 is 0 Å². The summed E-state index contributed by atoms with van der Waals surface area (Å²) >= 11 is 13.7. The van der Waals surface area contributed by atoms with Crippen molar-refractivity contribution in [2.24, 2.45) is 0 Å². The zero-order valence-electron chi connectivity index (χ0n) is 9.63. The van der Waals surface area contributed by atoms with Crippen molar-refractivity contribution in [1.29, 1.82) is 0 Å². The molecule has 0 unspecified atom stereocenters. The van der Waals surface area contributed by atoms with Gasteiger partial charge in [0.1, 0.15) is 0 Å². The first kappa shape index (κ1) is 14.4. The lowest BCUT2D eigenvalue weighted by atomic mass is 10.4. The van der Waals surface area contributed by atoms with Crippen molar-refractivity contribution in [3.63, 3.8) is 0 Å². The molecule has 3 aromatic rings. The van der Waals surface area contributed by atoms with Crippen LogP contribution in [0.1, 0.15) is 0 Å². The van der Waals surface area contributed by atoms with Crippen LogP contribution in [0, 0.1) is 0 Å². The number of pyridine rings is 1. The van der Waals surface area contributed by atoms with Gasteiger partial charge in [-0.1, -0.05) is 0 Å². The number of aromatic nitrogens is 5. The zero-order valence-corrected chi connectivity index (χ0v) is 16.0. The van der Waals surface area contributed by atoms with Gasteiger partial charge in [-0.15, -0.1) is 0 Å². The third-order valence-corrected chi connectivity index (χ3v) is 4.41. The van der Waals surface area contributed by atoms with E-state index in [1.54, 1.807) is 21.8 Å². The number of hydrogen-bond acceptors (Lipinski definition) is 3. The van der Waals surface area contributed by atoms with Gasteiger partial charge in [0, 0.05) is 12.4 Å². The van der Waals surface area contributed by atoms with Crippen LogP contribution in [0.5, 0.6) is 0 Å². The van der Waals surface area contributed by atoms with E-state index >= 15 is 0 Å². The number of halogens is 4. The molecule has 0 saturated heterocycles. The second-order valence-corrected chi connectivity index (χ2v) is 7.35. The molecule has 20 heavy (non-hydrogen) atoms. The third-order valence-electron chi connectivity index (χ3n) is 2.43. The molecule has 0 atom stereocenters. The first-order valence-corrected chi connectivity index (χ1v) is 8.49. The Balaban J connectivity index is 2.17. The van der Waals surface area contributed by atoms with Gasteiger partial charge in [0.15, 0.2) is 11.6 Å². The van der Waals surface area contributed by atoms with E-state index in [0.29, 0.717) is 11.6 Å². The van der Waals surface area contributed by atoms with E-state index in [1.807, 2.05) is 18.5 Å². The van der Waals surface area contributed by atoms with Crippen LogP contribution >= 0.6 is 63.7 Å². The lowest BCUT2D eigenvalue weighted by Gasteiger charge is -2.09. The predicted octanol–water partition coefficient (Wildman–Crippen LogP) is 4.50. The second kappa shape index (κ2) is 5.70. The average molecular weight is 527 g/mol. The van der Waals surface area contributed by atoms with Crippen LogP contribution in [0.3, 0.4) is 0 Å². The first-order valence-electron chi connectivity index (χ1n) is 5.32. The van der Waals surface area contributed by atoms with E-state index in [1.165, 1.54) is 0 Å². The molecule has 9 heteroatoms. The maximum absolute atomic E-state index is 4.60. The van der Waals surface area contributed by atoms with E-state index in [-0.39, 0.29) is 0 Å². The Morgan fingerprint density at radius 1 is 0.750 bits per heavy atom. The molecule has 0 bridgehead atoms. The Morgan fingerprint density at radius 3 is 1.55 bits per heavy atom. The molecule has 3 aromatic heterocycles. The summed E-state index contributed by atoms with van der Waals surface area (Å²) in [5, 5.41) is 8.48. The van der Waals surface area contributed by atoms with Gasteiger partial charge in [-0.05, 0) is 69.8 Å². The van der Waals surface area contributed by atoms with Crippen molar-refractivity contribution in [1.82, 2.24) is 24.5 Å². The topological polar surface area (TPSA) is 48.5 Å². The highest BCUT2D eigenvalue weighted by Crippen LogP contribution is 2.28. The minimum Gasteiger partial charge on any atom is -0.220 e. The molecule has 5 nitrogen and oxygen atoms in total. The van der Waals surface area contributed by atoms with Crippen LogP contribution in [0.15, 0.2) is 48.7 Å². The van der Waals surface area contributed by atoms with E-state index in [9.17, 15) is 0 Å². The third kappa shape index (κ3) is 2.76. The Bertz CT molecular complexity index is 717. The lowest BCUT2D eigenvalue weighted by molar-refractivity contribution is 0.795. The molecule has 0 spiro atoms. The van der Waals surface area contributed by atoms with Crippen molar-refractivity contribution in [2.75, 3.05) is 0 Å². The molecule has 0 fully saturated rings. The first-order chi connectivity index (χ1) is 9.54. The van der Waals surface area contributed by atoms with Crippen molar-refractivity contribution in [3.8, 4) is 11.6 Å².